The zero-order valence-electron chi connectivity index (χ0n) is 14.4. The maximum atomic E-state index is 13.0. The summed E-state index contributed by atoms with van der Waals surface area (Å²) in [7, 11) is -3.65. The highest BCUT2D eigenvalue weighted by atomic mass is 32.2. The van der Waals surface area contributed by atoms with Gasteiger partial charge in [0.15, 0.2) is 0 Å². The van der Waals surface area contributed by atoms with Crippen LogP contribution in [0.5, 0.6) is 0 Å². The van der Waals surface area contributed by atoms with Crippen LogP contribution in [0.4, 0.5) is 5.69 Å². The first-order valence-electron chi connectivity index (χ1n) is 7.66. The molecular formula is C18H20N2O2S2. The number of rotatable bonds is 3. The van der Waals surface area contributed by atoms with Gasteiger partial charge in [0.25, 0.3) is 10.0 Å². The van der Waals surface area contributed by atoms with Crippen molar-refractivity contribution >= 4 is 37.3 Å². The molecule has 2 aromatic carbocycles. The van der Waals surface area contributed by atoms with E-state index in [9.17, 15) is 8.42 Å². The number of sulfonamides is 1. The quantitative estimate of drug-likeness (QED) is 0.740. The molecule has 0 aliphatic carbocycles. The molecule has 3 aromatic rings. The van der Waals surface area contributed by atoms with Crippen LogP contribution >= 0.6 is 11.3 Å². The molecule has 126 valence electrons. The fourth-order valence-electron chi connectivity index (χ4n) is 2.89. The summed E-state index contributed by atoms with van der Waals surface area (Å²) < 4.78 is 29.6. The molecule has 1 N–H and O–H groups in total. The van der Waals surface area contributed by atoms with Crippen LogP contribution in [0, 0.1) is 34.6 Å². The molecule has 0 saturated heterocycles. The molecule has 1 heterocycles. The number of hydrogen-bond donors (Lipinski definition) is 1. The number of aromatic nitrogens is 1. The minimum atomic E-state index is -3.65. The zero-order valence-corrected chi connectivity index (χ0v) is 16.0. The summed E-state index contributed by atoms with van der Waals surface area (Å²) in [5.74, 6) is 0. The molecule has 0 radical (unpaired) electrons. The second-order valence-electron chi connectivity index (χ2n) is 6.11. The van der Waals surface area contributed by atoms with Crippen molar-refractivity contribution < 1.29 is 8.42 Å². The Morgan fingerprint density at radius 1 is 0.958 bits per heavy atom. The van der Waals surface area contributed by atoms with Crippen molar-refractivity contribution in [1.82, 2.24) is 4.98 Å². The van der Waals surface area contributed by atoms with Gasteiger partial charge in [-0.3, -0.25) is 4.72 Å². The second kappa shape index (κ2) is 5.86. The second-order valence-corrected chi connectivity index (χ2v) is 8.96. The summed E-state index contributed by atoms with van der Waals surface area (Å²) in [6.45, 7) is 9.52. The number of nitrogens with one attached hydrogen (secondary N) is 1. The minimum Gasteiger partial charge on any atom is -0.280 e. The van der Waals surface area contributed by atoms with Crippen molar-refractivity contribution in [3.05, 3.63) is 51.5 Å². The molecule has 0 saturated carbocycles. The van der Waals surface area contributed by atoms with E-state index in [4.69, 9.17) is 0 Å². The normalized spacial score (nSPS) is 11.9. The average molecular weight is 361 g/mol. The van der Waals surface area contributed by atoms with E-state index in [2.05, 4.69) is 9.71 Å². The molecule has 0 aliphatic rings. The average Bonchev–Trinajstić information content (AvgIpc) is 2.84. The fourth-order valence-corrected chi connectivity index (χ4v) is 5.43. The van der Waals surface area contributed by atoms with Crippen LogP contribution in [0.15, 0.2) is 29.2 Å². The van der Waals surface area contributed by atoms with Gasteiger partial charge in [0.1, 0.15) is 0 Å². The van der Waals surface area contributed by atoms with Crippen molar-refractivity contribution in [1.29, 1.82) is 0 Å². The van der Waals surface area contributed by atoms with E-state index >= 15 is 0 Å². The van der Waals surface area contributed by atoms with Gasteiger partial charge in [-0.25, -0.2) is 13.4 Å². The molecule has 0 spiro atoms. The van der Waals surface area contributed by atoms with Gasteiger partial charge in [0.05, 0.1) is 25.8 Å². The Kier molecular flexibility index (Phi) is 4.13. The molecular weight excluding hydrogens is 340 g/mol. The maximum Gasteiger partial charge on any atom is 0.262 e. The number of aryl methyl sites for hydroxylation is 3. The monoisotopic (exact) mass is 360 g/mol. The Bertz CT molecular complexity index is 1020. The molecule has 0 fully saturated rings. The molecule has 0 atom stereocenters. The van der Waals surface area contributed by atoms with Crippen molar-refractivity contribution in [2.45, 2.75) is 39.5 Å². The van der Waals surface area contributed by atoms with E-state index in [0.29, 0.717) is 10.6 Å². The van der Waals surface area contributed by atoms with Gasteiger partial charge in [-0.1, -0.05) is 6.07 Å². The predicted octanol–water partition coefficient (Wildman–Crippen LogP) is 4.64. The lowest BCUT2D eigenvalue weighted by atomic mass is 10.0. The van der Waals surface area contributed by atoms with E-state index in [1.807, 2.05) is 52.8 Å². The summed E-state index contributed by atoms with van der Waals surface area (Å²) in [6.07, 6.45) is 0. The van der Waals surface area contributed by atoms with Crippen LogP contribution in [0.25, 0.3) is 10.2 Å². The Morgan fingerprint density at radius 3 is 2.21 bits per heavy atom. The van der Waals surface area contributed by atoms with Gasteiger partial charge < -0.3 is 0 Å². The SMILES string of the molecule is Cc1nc2ccc(NS(=O)(=O)c3c(C)c(C)cc(C)c3C)cc2s1. The highest BCUT2D eigenvalue weighted by Gasteiger charge is 2.22. The third-order valence-electron chi connectivity index (χ3n) is 4.31. The number of fused-ring (bicyclic) bond motifs is 1. The van der Waals surface area contributed by atoms with E-state index in [1.54, 1.807) is 17.4 Å². The Labute approximate surface area is 146 Å². The molecule has 24 heavy (non-hydrogen) atoms. The third-order valence-corrected chi connectivity index (χ3v) is 6.90. The van der Waals surface area contributed by atoms with Crippen molar-refractivity contribution in [2.24, 2.45) is 0 Å². The van der Waals surface area contributed by atoms with Crippen molar-refractivity contribution in [2.75, 3.05) is 4.72 Å². The van der Waals surface area contributed by atoms with E-state index in [0.717, 1.165) is 37.5 Å². The molecule has 4 nitrogen and oxygen atoms in total. The highest BCUT2D eigenvalue weighted by molar-refractivity contribution is 7.92. The third kappa shape index (κ3) is 2.91. The Hall–Kier alpha value is -1.92. The lowest BCUT2D eigenvalue weighted by molar-refractivity contribution is 0.599. The summed E-state index contributed by atoms with van der Waals surface area (Å²) in [4.78, 5) is 4.78. The summed E-state index contributed by atoms with van der Waals surface area (Å²) in [5, 5.41) is 0.964. The smallest absolute Gasteiger partial charge is 0.262 e. The largest absolute Gasteiger partial charge is 0.280 e. The van der Waals surface area contributed by atoms with Crippen LogP contribution in [-0.4, -0.2) is 13.4 Å². The van der Waals surface area contributed by atoms with Crippen molar-refractivity contribution in [3.8, 4) is 0 Å². The molecule has 6 heteroatoms. The van der Waals surface area contributed by atoms with Crippen LogP contribution in [0.3, 0.4) is 0 Å². The first-order chi connectivity index (χ1) is 11.2. The predicted molar refractivity (Wildman–Crippen MR) is 101 cm³/mol. The van der Waals surface area contributed by atoms with Crippen molar-refractivity contribution in [3.63, 3.8) is 0 Å². The first kappa shape index (κ1) is 16.9. The molecule has 0 unspecified atom stereocenters. The number of nitrogens with zero attached hydrogens (tertiary/aromatic N) is 1. The van der Waals surface area contributed by atoms with Gasteiger partial charge in [-0.05, 0) is 75.1 Å². The highest BCUT2D eigenvalue weighted by Crippen LogP contribution is 2.30. The minimum absolute atomic E-state index is 0.376. The molecule has 0 amide bonds. The van der Waals surface area contributed by atoms with Gasteiger partial charge in [0.2, 0.25) is 0 Å². The zero-order chi connectivity index (χ0) is 17.6. The van der Waals surface area contributed by atoms with E-state index in [1.165, 1.54) is 0 Å². The van der Waals surface area contributed by atoms with Gasteiger partial charge >= 0.3 is 0 Å². The molecule has 1 aromatic heterocycles. The van der Waals surface area contributed by atoms with E-state index in [-0.39, 0.29) is 0 Å². The number of benzene rings is 2. The maximum absolute atomic E-state index is 13.0. The Morgan fingerprint density at radius 2 is 1.58 bits per heavy atom. The number of anilines is 1. The van der Waals surface area contributed by atoms with E-state index < -0.39 is 10.0 Å². The van der Waals surface area contributed by atoms with Gasteiger partial charge in [-0.2, -0.15) is 0 Å². The summed E-state index contributed by atoms with van der Waals surface area (Å²) in [5.41, 5.74) is 4.99. The van der Waals surface area contributed by atoms with Gasteiger partial charge in [-0.15, -0.1) is 11.3 Å². The topological polar surface area (TPSA) is 59.1 Å². The van der Waals surface area contributed by atoms with Crippen LogP contribution in [0.2, 0.25) is 0 Å². The lowest BCUT2D eigenvalue weighted by Crippen LogP contribution is -2.17. The van der Waals surface area contributed by atoms with Crippen LogP contribution in [-0.2, 0) is 10.0 Å². The number of thiazole rings is 1. The lowest BCUT2D eigenvalue weighted by Gasteiger charge is -2.16. The van der Waals surface area contributed by atoms with Crippen LogP contribution < -0.4 is 4.72 Å². The van der Waals surface area contributed by atoms with Gasteiger partial charge in [0, 0.05) is 0 Å². The molecule has 3 rings (SSSR count). The standard InChI is InChI=1S/C18H20N2O2S2/c1-10-8-11(2)13(4)18(12(10)3)24(21,22)20-15-6-7-16-17(9-15)23-14(5)19-16/h6-9,20H,1-5H3. The molecule has 0 aliphatic heterocycles. The summed E-state index contributed by atoms with van der Waals surface area (Å²) in [6, 6.07) is 7.46. The summed E-state index contributed by atoms with van der Waals surface area (Å²) >= 11 is 1.55. The van der Waals surface area contributed by atoms with Crippen LogP contribution in [0.1, 0.15) is 27.3 Å². The first-order valence-corrected chi connectivity index (χ1v) is 9.96. The number of hydrogen-bond acceptors (Lipinski definition) is 4. The fraction of sp³-hybridized carbons (Fsp3) is 0.278. The Balaban J connectivity index is 2.08. The molecule has 0 bridgehead atoms.